The summed E-state index contributed by atoms with van der Waals surface area (Å²) in [5.74, 6) is 0.771. The van der Waals surface area contributed by atoms with Crippen LogP contribution in [0.15, 0.2) is 0 Å². The monoisotopic (exact) mass is 227 g/mol. The van der Waals surface area contributed by atoms with Crippen LogP contribution in [0.5, 0.6) is 0 Å². The van der Waals surface area contributed by atoms with Gasteiger partial charge in [0.15, 0.2) is 0 Å². The summed E-state index contributed by atoms with van der Waals surface area (Å²) >= 11 is 0. The standard InChI is InChI=1S/C13H25NO2/c1-10(2)4-5-11(3)14(9-13(15)16)8-12-6-7-12/h10-12H,4-9H2,1-3H3,(H,15,16). The highest BCUT2D eigenvalue weighted by molar-refractivity contribution is 5.69. The van der Waals surface area contributed by atoms with Crippen molar-refractivity contribution in [3.63, 3.8) is 0 Å². The van der Waals surface area contributed by atoms with E-state index in [0.29, 0.717) is 12.0 Å². The first-order chi connectivity index (χ1) is 7.49. The molecule has 3 nitrogen and oxygen atoms in total. The average molecular weight is 227 g/mol. The lowest BCUT2D eigenvalue weighted by Gasteiger charge is -2.28. The largest absolute Gasteiger partial charge is 0.480 e. The maximum atomic E-state index is 10.8. The number of carboxylic acid groups (broad SMARTS) is 1. The van der Waals surface area contributed by atoms with Crippen molar-refractivity contribution in [2.75, 3.05) is 13.1 Å². The number of hydrogen-bond donors (Lipinski definition) is 1. The lowest BCUT2D eigenvalue weighted by molar-refractivity contribution is -0.139. The summed E-state index contributed by atoms with van der Waals surface area (Å²) < 4.78 is 0. The number of hydrogen-bond acceptors (Lipinski definition) is 2. The Bertz CT molecular complexity index is 224. The van der Waals surface area contributed by atoms with Crippen LogP contribution in [0.2, 0.25) is 0 Å². The van der Waals surface area contributed by atoms with Gasteiger partial charge >= 0.3 is 5.97 Å². The van der Waals surface area contributed by atoms with Crippen LogP contribution in [0.25, 0.3) is 0 Å². The van der Waals surface area contributed by atoms with Crippen molar-refractivity contribution in [1.29, 1.82) is 0 Å². The third kappa shape index (κ3) is 5.50. The molecule has 0 radical (unpaired) electrons. The van der Waals surface area contributed by atoms with Gasteiger partial charge in [-0.25, -0.2) is 0 Å². The molecule has 1 rings (SSSR count). The zero-order valence-corrected chi connectivity index (χ0v) is 10.8. The minimum Gasteiger partial charge on any atom is -0.480 e. The van der Waals surface area contributed by atoms with Crippen LogP contribution < -0.4 is 0 Å². The second-order valence-electron chi connectivity index (χ2n) is 5.59. The normalized spacial score (nSPS) is 18.1. The zero-order valence-electron chi connectivity index (χ0n) is 10.8. The van der Waals surface area contributed by atoms with E-state index < -0.39 is 5.97 Å². The van der Waals surface area contributed by atoms with Crippen molar-refractivity contribution >= 4 is 5.97 Å². The molecule has 0 saturated heterocycles. The van der Waals surface area contributed by atoms with Crippen molar-refractivity contribution in [2.24, 2.45) is 11.8 Å². The second kappa shape index (κ2) is 6.24. The van der Waals surface area contributed by atoms with Gasteiger partial charge in [0, 0.05) is 12.6 Å². The van der Waals surface area contributed by atoms with Crippen LogP contribution in [0.3, 0.4) is 0 Å². The summed E-state index contributed by atoms with van der Waals surface area (Å²) in [6, 6.07) is 0.402. The van der Waals surface area contributed by atoms with Crippen LogP contribution in [-0.4, -0.2) is 35.1 Å². The lowest BCUT2D eigenvalue weighted by Crippen LogP contribution is -2.39. The third-order valence-corrected chi connectivity index (χ3v) is 3.31. The topological polar surface area (TPSA) is 40.5 Å². The van der Waals surface area contributed by atoms with Gasteiger partial charge in [-0.1, -0.05) is 13.8 Å². The number of carbonyl (C=O) groups is 1. The first kappa shape index (κ1) is 13.5. The SMILES string of the molecule is CC(C)CCC(C)N(CC(=O)O)CC1CC1. The van der Waals surface area contributed by atoms with Crippen LogP contribution in [0, 0.1) is 11.8 Å². The average Bonchev–Trinajstić information content (AvgIpc) is 2.96. The van der Waals surface area contributed by atoms with Gasteiger partial charge in [0.05, 0.1) is 6.54 Å². The van der Waals surface area contributed by atoms with E-state index in [4.69, 9.17) is 5.11 Å². The molecular weight excluding hydrogens is 202 g/mol. The fourth-order valence-electron chi connectivity index (χ4n) is 1.96. The highest BCUT2D eigenvalue weighted by Gasteiger charge is 2.27. The molecule has 0 aromatic carbocycles. The smallest absolute Gasteiger partial charge is 0.317 e. The second-order valence-corrected chi connectivity index (χ2v) is 5.59. The van der Waals surface area contributed by atoms with Crippen molar-refractivity contribution in [2.45, 2.75) is 52.5 Å². The minimum absolute atomic E-state index is 0.204. The number of carboxylic acids is 1. The van der Waals surface area contributed by atoms with Crippen LogP contribution in [-0.2, 0) is 4.79 Å². The molecule has 1 atom stereocenters. The van der Waals surface area contributed by atoms with Gasteiger partial charge in [-0.3, -0.25) is 9.69 Å². The lowest BCUT2D eigenvalue weighted by atomic mass is 10.0. The predicted molar refractivity (Wildman–Crippen MR) is 65.5 cm³/mol. The van der Waals surface area contributed by atoms with Gasteiger partial charge in [-0.05, 0) is 44.4 Å². The van der Waals surface area contributed by atoms with E-state index in [-0.39, 0.29) is 6.54 Å². The molecule has 0 aromatic rings. The Labute approximate surface area is 98.8 Å². The van der Waals surface area contributed by atoms with Gasteiger partial charge in [0.25, 0.3) is 0 Å². The van der Waals surface area contributed by atoms with E-state index in [1.165, 1.54) is 19.3 Å². The van der Waals surface area contributed by atoms with Crippen molar-refractivity contribution in [1.82, 2.24) is 4.90 Å². The minimum atomic E-state index is -0.697. The Hall–Kier alpha value is -0.570. The molecule has 0 aliphatic heterocycles. The van der Waals surface area contributed by atoms with Gasteiger partial charge in [0.2, 0.25) is 0 Å². The van der Waals surface area contributed by atoms with E-state index in [1.807, 2.05) is 0 Å². The maximum absolute atomic E-state index is 10.8. The molecule has 1 aliphatic rings. The molecule has 1 fully saturated rings. The van der Waals surface area contributed by atoms with Crippen LogP contribution in [0.1, 0.15) is 46.5 Å². The Kier molecular flexibility index (Phi) is 5.26. The van der Waals surface area contributed by atoms with Gasteiger partial charge in [0.1, 0.15) is 0 Å². The molecule has 1 unspecified atom stereocenters. The summed E-state index contributed by atoms with van der Waals surface area (Å²) in [6.07, 6.45) is 4.86. The molecule has 1 N–H and O–H groups in total. The van der Waals surface area contributed by atoms with Gasteiger partial charge < -0.3 is 5.11 Å². The van der Waals surface area contributed by atoms with E-state index in [0.717, 1.165) is 18.9 Å². The van der Waals surface area contributed by atoms with E-state index in [1.54, 1.807) is 0 Å². The maximum Gasteiger partial charge on any atom is 0.317 e. The Balaban J connectivity index is 2.35. The van der Waals surface area contributed by atoms with Gasteiger partial charge in [-0.2, -0.15) is 0 Å². The molecule has 0 bridgehead atoms. The summed E-state index contributed by atoms with van der Waals surface area (Å²) in [5.41, 5.74) is 0. The molecule has 1 saturated carbocycles. The fraction of sp³-hybridized carbons (Fsp3) is 0.923. The molecule has 16 heavy (non-hydrogen) atoms. The third-order valence-electron chi connectivity index (χ3n) is 3.31. The molecule has 1 aliphatic carbocycles. The zero-order chi connectivity index (χ0) is 12.1. The highest BCUT2D eigenvalue weighted by Crippen LogP contribution is 2.30. The first-order valence-corrected chi connectivity index (χ1v) is 6.45. The molecule has 3 heteroatoms. The summed E-state index contributed by atoms with van der Waals surface area (Å²) in [6.45, 7) is 7.78. The van der Waals surface area contributed by atoms with Crippen LogP contribution in [0.4, 0.5) is 0 Å². The predicted octanol–water partition coefficient (Wildman–Crippen LogP) is 2.61. The van der Waals surface area contributed by atoms with E-state index in [9.17, 15) is 4.79 Å². The highest BCUT2D eigenvalue weighted by atomic mass is 16.4. The summed E-state index contributed by atoms with van der Waals surface area (Å²) in [7, 11) is 0. The molecule has 0 heterocycles. The Morgan fingerprint density at radius 3 is 2.38 bits per heavy atom. The molecule has 0 amide bonds. The Morgan fingerprint density at radius 2 is 1.94 bits per heavy atom. The number of rotatable bonds is 8. The molecule has 0 aromatic heterocycles. The number of aliphatic carboxylic acids is 1. The fourth-order valence-corrected chi connectivity index (χ4v) is 1.96. The van der Waals surface area contributed by atoms with Crippen molar-refractivity contribution < 1.29 is 9.90 Å². The van der Waals surface area contributed by atoms with E-state index >= 15 is 0 Å². The first-order valence-electron chi connectivity index (χ1n) is 6.45. The molecular formula is C13H25NO2. The quantitative estimate of drug-likeness (QED) is 0.693. The van der Waals surface area contributed by atoms with Crippen molar-refractivity contribution in [3.05, 3.63) is 0 Å². The van der Waals surface area contributed by atoms with Crippen molar-refractivity contribution in [3.8, 4) is 0 Å². The number of nitrogens with zero attached hydrogens (tertiary/aromatic N) is 1. The van der Waals surface area contributed by atoms with E-state index in [2.05, 4.69) is 25.7 Å². The van der Waals surface area contributed by atoms with Crippen LogP contribution >= 0.6 is 0 Å². The Morgan fingerprint density at radius 1 is 1.31 bits per heavy atom. The summed E-state index contributed by atoms with van der Waals surface area (Å²) in [4.78, 5) is 13.0. The molecule has 94 valence electrons. The molecule has 0 spiro atoms. The van der Waals surface area contributed by atoms with Gasteiger partial charge in [-0.15, -0.1) is 0 Å². The summed E-state index contributed by atoms with van der Waals surface area (Å²) in [5, 5.41) is 8.90.